The van der Waals surface area contributed by atoms with Crippen molar-refractivity contribution in [1.29, 1.82) is 0 Å². The summed E-state index contributed by atoms with van der Waals surface area (Å²) < 4.78 is 9.29. The molecule has 3 aliphatic heterocycles. The number of H-pyrrole nitrogens is 2. The number of benzene rings is 3. The minimum absolute atomic E-state index is 0.283. The SMILES string of the molecule is c1ncc(-c2ccc(C3Oc4cc(-c5cnc(C6CCCN6)[nH]5)ccc4-c4cc5cc(-c6cnc(C7CCCN7)[nH]6)ccc5n43)cc2)cn1. The molecule has 3 unspecified atom stereocenters. The molecule has 4 N–H and O–H groups in total. The van der Waals surface area contributed by atoms with Gasteiger partial charge in [0.2, 0.25) is 6.23 Å². The van der Waals surface area contributed by atoms with Gasteiger partial charge in [-0.3, -0.25) is 0 Å². The summed E-state index contributed by atoms with van der Waals surface area (Å²) in [5.74, 6) is 2.85. The monoisotopic (exact) mass is 645 g/mol. The molecular formula is C39H35N9O. The second kappa shape index (κ2) is 11.5. The quantitative estimate of drug-likeness (QED) is 0.149. The summed E-state index contributed by atoms with van der Waals surface area (Å²) in [6.45, 7) is 2.07. The minimum Gasteiger partial charge on any atom is -0.465 e. The van der Waals surface area contributed by atoms with Crippen LogP contribution in [0.3, 0.4) is 0 Å². The first kappa shape index (κ1) is 28.4. The van der Waals surface area contributed by atoms with Gasteiger partial charge >= 0.3 is 0 Å². The van der Waals surface area contributed by atoms with Crippen molar-refractivity contribution in [2.75, 3.05) is 13.1 Å². The van der Waals surface area contributed by atoms with Gasteiger partial charge in [0.25, 0.3) is 0 Å². The van der Waals surface area contributed by atoms with E-state index in [1.165, 1.54) is 12.8 Å². The average molecular weight is 646 g/mol. The van der Waals surface area contributed by atoms with Crippen LogP contribution in [0.2, 0.25) is 0 Å². The molecule has 0 spiro atoms. The van der Waals surface area contributed by atoms with E-state index in [0.29, 0.717) is 6.04 Å². The van der Waals surface area contributed by atoms with E-state index >= 15 is 0 Å². The molecule has 2 fully saturated rings. The number of ether oxygens (including phenoxy) is 1. The summed E-state index contributed by atoms with van der Waals surface area (Å²) in [5, 5.41) is 8.23. The molecule has 3 aromatic carbocycles. The highest BCUT2D eigenvalue weighted by Gasteiger charge is 2.30. The molecule has 242 valence electrons. The van der Waals surface area contributed by atoms with Crippen LogP contribution in [0.5, 0.6) is 5.75 Å². The van der Waals surface area contributed by atoms with Gasteiger partial charge in [0.1, 0.15) is 23.7 Å². The molecule has 0 amide bonds. The van der Waals surface area contributed by atoms with Crippen molar-refractivity contribution in [3.63, 3.8) is 0 Å². The van der Waals surface area contributed by atoms with E-state index in [9.17, 15) is 0 Å². The van der Waals surface area contributed by atoms with Crippen LogP contribution in [0.25, 0.3) is 55.8 Å². The summed E-state index contributed by atoms with van der Waals surface area (Å²) >= 11 is 0. The lowest BCUT2D eigenvalue weighted by Gasteiger charge is -2.30. The minimum atomic E-state index is -0.366. The first-order chi connectivity index (χ1) is 24.2. The number of nitrogens with zero attached hydrogens (tertiary/aromatic N) is 5. The predicted molar refractivity (Wildman–Crippen MR) is 189 cm³/mol. The van der Waals surface area contributed by atoms with E-state index in [1.807, 2.05) is 24.8 Å². The number of hydrogen-bond acceptors (Lipinski definition) is 7. The lowest BCUT2D eigenvalue weighted by Crippen LogP contribution is -2.22. The summed E-state index contributed by atoms with van der Waals surface area (Å²) in [5.41, 5.74) is 10.6. The third kappa shape index (κ3) is 4.94. The van der Waals surface area contributed by atoms with Gasteiger partial charge in [0, 0.05) is 45.6 Å². The van der Waals surface area contributed by atoms with E-state index in [2.05, 4.69) is 102 Å². The van der Waals surface area contributed by atoms with Crippen molar-refractivity contribution in [1.82, 2.24) is 45.1 Å². The Balaban J connectivity index is 1.06. The number of nitrogens with one attached hydrogen (secondary N) is 4. The molecule has 0 radical (unpaired) electrons. The van der Waals surface area contributed by atoms with Crippen LogP contribution >= 0.6 is 0 Å². The van der Waals surface area contributed by atoms with Crippen molar-refractivity contribution in [3.8, 4) is 50.6 Å². The molecule has 10 rings (SSSR count). The summed E-state index contributed by atoms with van der Waals surface area (Å²) in [6.07, 6.45) is 13.3. The maximum absolute atomic E-state index is 6.97. The van der Waals surface area contributed by atoms with Gasteiger partial charge in [0.15, 0.2) is 0 Å². The zero-order valence-electron chi connectivity index (χ0n) is 26.9. The number of aromatic nitrogens is 7. The summed E-state index contributed by atoms with van der Waals surface area (Å²) in [4.78, 5) is 25.0. The number of fused-ring (bicyclic) bond motifs is 5. The average Bonchev–Trinajstić information content (AvgIpc) is 4.00. The third-order valence-corrected chi connectivity index (χ3v) is 10.3. The highest BCUT2D eigenvalue weighted by atomic mass is 16.5. The van der Waals surface area contributed by atoms with Crippen LogP contribution in [0, 0.1) is 0 Å². The van der Waals surface area contributed by atoms with Crippen LogP contribution in [0.4, 0.5) is 0 Å². The molecule has 0 aliphatic carbocycles. The lowest BCUT2D eigenvalue weighted by molar-refractivity contribution is 0.173. The van der Waals surface area contributed by atoms with Gasteiger partial charge in [-0.05, 0) is 74.7 Å². The zero-order chi connectivity index (χ0) is 32.3. The fourth-order valence-corrected chi connectivity index (χ4v) is 7.70. The van der Waals surface area contributed by atoms with Crippen molar-refractivity contribution < 1.29 is 4.74 Å². The van der Waals surface area contributed by atoms with Gasteiger partial charge in [-0.2, -0.15) is 0 Å². The molecule has 7 aromatic rings. The van der Waals surface area contributed by atoms with Crippen LogP contribution < -0.4 is 15.4 Å². The van der Waals surface area contributed by atoms with E-state index < -0.39 is 0 Å². The Labute approximate surface area is 283 Å². The number of aromatic amines is 2. The Morgan fingerprint density at radius 1 is 0.653 bits per heavy atom. The first-order valence-corrected chi connectivity index (χ1v) is 17.1. The topological polar surface area (TPSA) is 121 Å². The molecule has 10 nitrogen and oxygen atoms in total. The smallest absolute Gasteiger partial charge is 0.203 e. The third-order valence-electron chi connectivity index (χ3n) is 10.3. The van der Waals surface area contributed by atoms with Gasteiger partial charge in [0.05, 0.1) is 47.1 Å². The van der Waals surface area contributed by atoms with Crippen molar-refractivity contribution >= 4 is 10.9 Å². The number of imidazole rings is 2. The van der Waals surface area contributed by atoms with E-state index in [-0.39, 0.29) is 12.3 Å². The Morgan fingerprint density at radius 2 is 1.31 bits per heavy atom. The van der Waals surface area contributed by atoms with Crippen LogP contribution in [-0.4, -0.2) is 47.6 Å². The van der Waals surface area contributed by atoms with Gasteiger partial charge in [-0.15, -0.1) is 0 Å². The molecule has 10 heteroatoms. The molecule has 49 heavy (non-hydrogen) atoms. The first-order valence-electron chi connectivity index (χ1n) is 17.1. The fraction of sp³-hybridized carbons (Fsp3) is 0.231. The van der Waals surface area contributed by atoms with E-state index in [0.717, 1.165) is 105 Å². The summed E-state index contributed by atoms with van der Waals surface area (Å²) in [7, 11) is 0. The molecule has 3 aliphatic rings. The van der Waals surface area contributed by atoms with Crippen molar-refractivity contribution in [2.24, 2.45) is 0 Å². The highest BCUT2D eigenvalue weighted by molar-refractivity contribution is 5.92. The normalized spacial score (nSPS) is 20.0. The maximum atomic E-state index is 6.97. The molecule has 0 saturated carbocycles. The molecular weight excluding hydrogens is 610 g/mol. The van der Waals surface area contributed by atoms with Crippen LogP contribution in [-0.2, 0) is 0 Å². The molecule has 7 heterocycles. The Morgan fingerprint density at radius 3 is 1.98 bits per heavy atom. The number of hydrogen-bond donors (Lipinski definition) is 4. The Hall–Kier alpha value is -5.58. The van der Waals surface area contributed by atoms with Gasteiger partial charge in [-0.25, -0.2) is 19.9 Å². The fourth-order valence-electron chi connectivity index (χ4n) is 7.70. The lowest BCUT2D eigenvalue weighted by atomic mass is 10.0. The van der Waals surface area contributed by atoms with Crippen LogP contribution in [0.15, 0.2) is 97.8 Å². The predicted octanol–water partition coefficient (Wildman–Crippen LogP) is 7.33. The largest absolute Gasteiger partial charge is 0.465 e. The molecule has 0 bridgehead atoms. The maximum Gasteiger partial charge on any atom is 0.203 e. The molecule has 3 atom stereocenters. The van der Waals surface area contributed by atoms with Crippen molar-refractivity contribution in [2.45, 2.75) is 44.0 Å². The van der Waals surface area contributed by atoms with Gasteiger partial charge < -0.3 is 29.9 Å². The van der Waals surface area contributed by atoms with Crippen molar-refractivity contribution in [3.05, 3.63) is 115 Å². The second-order valence-corrected chi connectivity index (χ2v) is 13.3. The Kier molecular flexibility index (Phi) is 6.70. The summed E-state index contributed by atoms with van der Waals surface area (Å²) in [6, 6.07) is 24.5. The standard InChI is InChI=1S/C39H35N9O/c1-3-30(42-13-1)37-44-20-32(46-37)25-10-12-34-27(15-25)16-35-29-11-9-26(33-21-45-38(47-33)31-4-2-14-43-31)17-36(29)49-39(48(34)35)24-7-5-23(6-8-24)28-18-40-22-41-19-28/h5-12,15-22,30-31,39,42-43H,1-4,13-14H2,(H,44,46)(H,45,47). The molecule has 2 saturated heterocycles. The van der Waals surface area contributed by atoms with Gasteiger partial charge in [-0.1, -0.05) is 36.4 Å². The zero-order valence-corrected chi connectivity index (χ0v) is 26.9. The van der Waals surface area contributed by atoms with E-state index in [1.54, 1.807) is 6.33 Å². The highest BCUT2D eigenvalue weighted by Crippen LogP contribution is 2.46. The van der Waals surface area contributed by atoms with E-state index in [4.69, 9.17) is 14.7 Å². The van der Waals surface area contributed by atoms with Crippen LogP contribution in [0.1, 0.15) is 61.2 Å². The number of rotatable bonds is 6. The molecule has 4 aromatic heterocycles. The second-order valence-electron chi connectivity index (χ2n) is 13.3. The Bertz CT molecular complexity index is 2290.